The maximum atomic E-state index is 12.9. The van der Waals surface area contributed by atoms with Crippen LogP contribution in [0.25, 0.3) is 0 Å². The molecule has 23 heavy (non-hydrogen) atoms. The van der Waals surface area contributed by atoms with Crippen LogP contribution in [0.4, 0.5) is 4.39 Å². The van der Waals surface area contributed by atoms with Gasteiger partial charge in [0, 0.05) is 25.6 Å². The van der Waals surface area contributed by atoms with E-state index in [4.69, 9.17) is 0 Å². The second-order valence-corrected chi connectivity index (χ2v) is 7.66. The molecule has 0 aliphatic carbocycles. The highest BCUT2D eigenvalue weighted by atomic mass is 32.2. The van der Waals surface area contributed by atoms with Crippen molar-refractivity contribution in [2.45, 2.75) is 44.4 Å². The van der Waals surface area contributed by atoms with E-state index in [1.54, 1.807) is 4.90 Å². The van der Waals surface area contributed by atoms with Gasteiger partial charge in [0.1, 0.15) is 5.82 Å². The fraction of sp³-hybridized carbons (Fsp3) is 0.562. The SMILES string of the molecule is CCCC(=O)N1CCC(NS(=O)(=O)Cc2ccc(F)cc2)CC1. The van der Waals surface area contributed by atoms with Gasteiger partial charge in [0.15, 0.2) is 0 Å². The predicted molar refractivity (Wildman–Crippen MR) is 86.7 cm³/mol. The molecule has 1 aliphatic rings. The number of hydrogen-bond donors (Lipinski definition) is 1. The number of sulfonamides is 1. The molecule has 7 heteroatoms. The van der Waals surface area contributed by atoms with Gasteiger partial charge in [0.25, 0.3) is 0 Å². The van der Waals surface area contributed by atoms with Crippen molar-refractivity contribution in [3.05, 3.63) is 35.6 Å². The van der Waals surface area contributed by atoms with Crippen LogP contribution in [0, 0.1) is 5.82 Å². The van der Waals surface area contributed by atoms with Crippen molar-refractivity contribution in [2.75, 3.05) is 13.1 Å². The lowest BCUT2D eigenvalue weighted by Crippen LogP contribution is -2.46. The lowest BCUT2D eigenvalue weighted by molar-refractivity contribution is -0.132. The number of piperidine rings is 1. The third kappa shape index (κ3) is 5.58. The number of carbonyl (C=O) groups is 1. The molecule has 5 nitrogen and oxygen atoms in total. The van der Waals surface area contributed by atoms with Gasteiger partial charge in [0.05, 0.1) is 5.75 Å². The Morgan fingerprint density at radius 3 is 2.43 bits per heavy atom. The van der Waals surface area contributed by atoms with E-state index in [9.17, 15) is 17.6 Å². The fourth-order valence-electron chi connectivity index (χ4n) is 2.71. The monoisotopic (exact) mass is 342 g/mol. The van der Waals surface area contributed by atoms with Crippen molar-refractivity contribution in [2.24, 2.45) is 0 Å². The molecule has 1 amide bonds. The summed E-state index contributed by atoms with van der Waals surface area (Å²) in [6, 6.07) is 5.30. The number of benzene rings is 1. The molecule has 0 aromatic heterocycles. The van der Waals surface area contributed by atoms with Crippen LogP contribution in [-0.4, -0.2) is 38.4 Å². The van der Waals surface area contributed by atoms with Crippen molar-refractivity contribution in [3.63, 3.8) is 0 Å². The summed E-state index contributed by atoms with van der Waals surface area (Å²) >= 11 is 0. The molecule has 128 valence electrons. The normalized spacial score (nSPS) is 16.5. The summed E-state index contributed by atoms with van der Waals surface area (Å²) in [6.07, 6.45) is 2.61. The Hall–Kier alpha value is -1.47. The standard InChI is InChI=1S/C16H23FN2O3S/c1-2-3-16(20)19-10-8-15(9-11-19)18-23(21,22)12-13-4-6-14(17)7-5-13/h4-7,15,18H,2-3,8-12H2,1H3. The van der Waals surface area contributed by atoms with E-state index in [0.717, 1.165) is 6.42 Å². The summed E-state index contributed by atoms with van der Waals surface area (Å²) in [7, 11) is -3.47. The molecule has 0 saturated carbocycles. The van der Waals surface area contributed by atoms with Crippen LogP contribution in [-0.2, 0) is 20.6 Å². The van der Waals surface area contributed by atoms with E-state index < -0.39 is 10.0 Å². The number of likely N-dealkylation sites (tertiary alicyclic amines) is 1. The smallest absolute Gasteiger partial charge is 0.222 e. The first-order chi connectivity index (χ1) is 10.9. The Morgan fingerprint density at radius 2 is 1.87 bits per heavy atom. The number of nitrogens with zero attached hydrogens (tertiary/aromatic N) is 1. The highest BCUT2D eigenvalue weighted by Gasteiger charge is 2.25. The average molecular weight is 342 g/mol. The minimum atomic E-state index is -3.47. The first-order valence-electron chi connectivity index (χ1n) is 7.92. The van der Waals surface area contributed by atoms with E-state index in [-0.39, 0.29) is 23.5 Å². The fourth-order valence-corrected chi connectivity index (χ4v) is 4.17. The van der Waals surface area contributed by atoms with Gasteiger partial charge in [-0.2, -0.15) is 0 Å². The summed E-state index contributed by atoms with van der Waals surface area (Å²) in [5.41, 5.74) is 0.550. The van der Waals surface area contributed by atoms with Gasteiger partial charge in [-0.05, 0) is 37.0 Å². The van der Waals surface area contributed by atoms with Crippen LogP contribution in [0.15, 0.2) is 24.3 Å². The minimum absolute atomic E-state index is 0.139. The molecule has 1 aromatic carbocycles. The summed E-state index contributed by atoms with van der Waals surface area (Å²) in [5.74, 6) is -0.411. The molecule has 0 unspecified atom stereocenters. The zero-order valence-electron chi connectivity index (χ0n) is 13.3. The molecule has 1 aromatic rings. The lowest BCUT2D eigenvalue weighted by Gasteiger charge is -2.32. The zero-order valence-corrected chi connectivity index (χ0v) is 14.1. The number of carbonyl (C=O) groups excluding carboxylic acids is 1. The molecule has 1 heterocycles. The Balaban J connectivity index is 1.85. The number of rotatable bonds is 6. The summed E-state index contributed by atoms with van der Waals surface area (Å²) in [5, 5.41) is 0. The van der Waals surface area contributed by atoms with E-state index in [1.165, 1.54) is 24.3 Å². The van der Waals surface area contributed by atoms with Gasteiger partial charge in [-0.25, -0.2) is 17.5 Å². The Labute approximate surface area is 136 Å². The van der Waals surface area contributed by atoms with Gasteiger partial charge in [-0.3, -0.25) is 4.79 Å². The summed E-state index contributed by atoms with van der Waals surface area (Å²) < 4.78 is 39.9. The van der Waals surface area contributed by atoms with Crippen LogP contribution >= 0.6 is 0 Å². The van der Waals surface area contributed by atoms with Gasteiger partial charge in [-0.1, -0.05) is 19.1 Å². The quantitative estimate of drug-likeness (QED) is 0.860. The average Bonchev–Trinajstić information content (AvgIpc) is 2.50. The van der Waals surface area contributed by atoms with Crippen LogP contribution in [0.3, 0.4) is 0 Å². The predicted octanol–water partition coefficient (Wildman–Crippen LogP) is 2.04. The van der Waals surface area contributed by atoms with Crippen LogP contribution in [0.5, 0.6) is 0 Å². The Kier molecular flexibility index (Phi) is 6.12. The number of nitrogens with one attached hydrogen (secondary N) is 1. The first-order valence-corrected chi connectivity index (χ1v) is 9.57. The number of halogens is 1. The van der Waals surface area contributed by atoms with Crippen molar-refractivity contribution in [1.82, 2.24) is 9.62 Å². The minimum Gasteiger partial charge on any atom is -0.343 e. The molecular formula is C16H23FN2O3S. The number of amides is 1. The Morgan fingerprint density at radius 1 is 1.26 bits per heavy atom. The first kappa shape index (κ1) is 17.9. The van der Waals surface area contributed by atoms with Crippen molar-refractivity contribution in [3.8, 4) is 0 Å². The molecule has 2 rings (SSSR count). The molecule has 0 atom stereocenters. The van der Waals surface area contributed by atoms with Crippen LogP contribution in [0.1, 0.15) is 38.2 Å². The number of hydrogen-bond acceptors (Lipinski definition) is 3. The highest BCUT2D eigenvalue weighted by Crippen LogP contribution is 2.14. The van der Waals surface area contributed by atoms with Crippen LogP contribution in [0.2, 0.25) is 0 Å². The van der Waals surface area contributed by atoms with Gasteiger partial charge in [0.2, 0.25) is 15.9 Å². The van der Waals surface area contributed by atoms with Crippen LogP contribution < -0.4 is 4.72 Å². The molecule has 0 bridgehead atoms. The summed E-state index contributed by atoms with van der Waals surface area (Å²) in [6.45, 7) is 3.14. The van der Waals surface area contributed by atoms with Crippen molar-refractivity contribution >= 4 is 15.9 Å². The second kappa shape index (κ2) is 7.88. The Bertz CT molecular complexity index is 623. The molecule has 0 radical (unpaired) electrons. The lowest BCUT2D eigenvalue weighted by atomic mass is 10.1. The molecule has 1 aliphatic heterocycles. The van der Waals surface area contributed by atoms with Crippen molar-refractivity contribution < 1.29 is 17.6 Å². The molecule has 1 N–H and O–H groups in total. The maximum Gasteiger partial charge on any atom is 0.222 e. The van der Waals surface area contributed by atoms with Gasteiger partial charge >= 0.3 is 0 Å². The van der Waals surface area contributed by atoms with E-state index in [0.29, 0.717) is 37.9 Å². The maximum absolute atomic E-state index is 12.9. The largest absolute Gasteiger partial charge is 0.343 e. The molecule has 1 fully saturated rings. The van der Waals surface area contributed by atoms with Crippen molar-refractivity contribution in [1.29, 1.82) is 0 Å². The van der Waals surface area contributed by atoms with Gasteiger partial charge < -0.3 is 4.90 Å². The third-order valence-electron chi connectivity index (χ3n) is 3.93. The third-order valence-corrected chi connectivity index (χ3v) is 5.33. The topological polar surface area (TPSA) is 66.5 Å². The highest BCUT2D eigenvalue weighted by molar-refractivity contribution is 7.88. The zero-order chi connectivity index (χ0) is 16.9. The summed E-state index contributed by atoms with van der Waals surface area (Å²) in [4.78, 5) is 13.6. The van der Waals surface area contributed by atoms with E-state index in [1.807, 2.05) is 6.92 Å². The van der Waals surface area contributed by atoms with E-state index in [2.05, 4.69) is 4.72 Å². The second-order valence-electron chi connectivity index (χ2n) is 5.91. The van der Waals surface area contributed by atoms with Gasteiger partial charge in [-0.15, -0.1) is 0 Å². The van der Waals surface area contributed by atoms with E-state index >= 15 is 0 Å². The molecule has 1 saturated heterocycles. The molecular weight excluding hydrogens is 319 g/mol. The molecule has 0 spiro atoms.